The van der Waals surface area contributed by atoms with E-state index in [1.807, 2.05) is 27.2 Å². The average molecular weight is 766 g/mol. The Morgan fingerprint density at radius 2 is 1.06 bits per heavy atom. The van der Waals surface area contributed by atoms with Crippen LogP contribution in [0.25, 0.3) is 0 Å². The molecule has 0 aromatic heterocycles. The molecule has 0 rings (SSSR count). The van der Waals surface area contributed by atoms with Crippen LogP contribution in [0.4, 0.5) is 0 Å². The van der Waals surface area contributed by atoms with Crippen LogP contribution in [0, 0.1) is 0 Å². The molecule has 0 heterocycles. The first-order valence-corrected chi connectivity index (χ1v) is 22.5. The summed E-state index contributed by atoms with van der Waals surface area (Å²) in [6.07, 6.45) is 46.2. The molecule has 2 atom stereocenters. The van der Waals surface area contributed by atoms with Crippen molar-refractivity contribution in [3.63, 3.8) is 0 Å². The van der Waals surface area contributed by atoms with E-state index >= 15 is 0 Å². The minimum atomic E-state index is -4.53. The molecule has 0 N–H and O–H groups in total. The van der Waals surface area contributed by atoms with Crippen LogP contribution in [0.5, 0.6) is 0 Å². The first kappa shape index (κ1) is 51.0. The molecule has 9 heteroatoms. The smallest absolute Gasteiger partial charge is 0.305 e. The van der Waals surface area contributed by atoms with Crippen molar-refractivity contribution in [3.05, 3.63) is 60.9 Å². The molecule has 0 saturated carbocycles. The van der Waals surface area contributed by atoms with E-state index in [1.165, 1.54) is 83.5 Å². The Morgan fingerprint density at radius 1 is 0.604 bits per heavy atom. The number of phosphoric acid groups is 1. The van der Waals surface area contributed by atoms with Crippen molar-refractivity contribution in [2.45, 2.75) is 168 Å². The maximum atomic E-state index is 12.4. The lowest BCUT2D eigenvalue weighted by molar-refractivity contribution is -0.870. The van der Waals surface area contributed by atoms with E-state index in [1.54, 1.807) is 6.26 Å². The van der Waals surface area contributed by atoms with Gasteiger partial charge in [-0.3, -0.25) is 9.36 Å². The second kappa shape index (κ2) is 37.0. The topological polar surface area (TPSA) is 94.1 Å². The van der Waals surface area contributed by atoms with Crippen LogP contribution >= 0.6 is 7.82 Å². The first-order chi connectivity index (χ1) is 25.6. The Labute approximate surface area is 326 Å². The summed E-state index contributed by atoms with van der Waals surface area (Å²) >= 11 is 0. The molecule has 0 saturated heterocycles. The second-order valence-corrected chi connectivity index (χ2v) is 16.5. The third kappa shape index (κ3) is 41.1. The summed E-state index contributed by atoms with van der Waals surface area (Å²) in [7, 11) is 1.33. The lowest BCUT2D eigenvalue weighted by Gasteiger charge is -2.28. The minimum absolute atomic E-state index is 0.0168. The molecule has 0 amide bonds. The van der Waals surface area contributed by atoms with Gasteiger partial charge in [-0.25, -0.2) is 0 Å². The van der Waals surface area contributed by atoms with Gasteiger partial charge < -0.3 is 27.9 Å². The van der Waals surface area contributed by atoms with Crippen LogP contribution in [0.15, 0.2) is 60.9 Å². The molecule has 2 unspecified atom stereocenters. The molecule has 8 nitrogen and oxygen atoms in total. The number of nitrogens with zero attached hydrogens (tertiary/aromatic N) is 1. The van der Waals surface area contributed by atoms with E-state index in [0.29, 0.717) is 17.4 Å². The highest BCUT2D eigenvalue weighted by Gasteiger charge is 2.19. The van der Waals surface area contributed by atoms with Crippen LogP contribution in [0.3, 0.4) is 0 Å². The molecule has 0 aliphatic rings. The molecule has 308 valence electrons. The highest BCUT2D eigenvalue weighted by atomic mass is 31.2. The minimum Gasteiger partial charge on any atom is -0.756 e. The van der Waals surface area contributed by atoms with Gasteiger partial charge in [0, 0.05) is 6.42 Å². The van der Waals surface area contributed by atoms with Gasteiger partial charge in [-0.05, 0) is 89.5 Å². The van der Waals surface area contributed by atoms with Gasteiger partial charge in [0.25, 0.3) is 7.82 Å². The monoisotopic (exact) mass is 766 g/mol. The van der Waals surface area contributed by atoms with E-state index < -0.39 is 13.9 Å². The highest BCUT2D eigenvalue weighted by Crippen LogP contribution is 2.38. The Bertz CT molecular complexity index is 1030. The molecule has 0 aromatic carbocycles. The van der Waals surface area contributed by atoms with Crippen molar-refractivity contribution in [1.82, 2.24) is 0 Å². The largest absolute Gasteiger partial charge is 0.756 e. The number of carbonyl (C=O) groups is 1. The summed E-state index contributed by atoms with van der Waals surface area (Å²) in [6.45, 7) is 4.60. The Balaban J connectivity index is 4.41. The molecular formula is C44H80NO7P. The number of carbonyl (C=O) groups excluding carboxylic acids is 1. The van der Waals surface area contributed by atoms with Gasteiger partial charge in [0.15, 0.2) is 6.10 Å². The van der Waals surface area contributed by atoms with Gasteiger partial charge in [0.2, 0.25) is 0 Å². The van der Waals surface area contributed by atoms with Crippen molar-refractivity contribution in [3.8, 4) is 0 Å². The number of hydrogen-bond donors (Lipinski definition) is 0. The summed E-state index contributed by atoms with van der Waals surface area (Å²) in [6, 6.07) is 0. The number of likely N-dealkylation sites (N-methyl/N-ethyl adjacent to an activating group) is 1. The summed E-state index contributed by atoms with van der Waals surface area (Å²) in [5.74, 6) is -0.334. The Hall–Kier alpha value is -1.96. The van der Waals surface area contributed by atoms with E-state index in [2.05, 4.69) is 62.5 Å². The van der Waals surface area contributed by atoms with Gasteiger partial charge in [0.1, 0.15) is 19.8 Å². The molecule has 0 aromatic rings. The van der Waals surface area contributed by atoms with Crippen LogP contribution < -0.4 is 4.89 Å². The third-order valence-electron chi connectivity index (χ3n) is 8.63. The SMILES string of the molecule is CCCCC/C=C\C/C=C\C/C=C\CCCCC(=O)OCC(COP(=O)([O-])OCC[N+](C)(C)C)O/C=C\CCCCCC/C=C\CCCCCCCC. The van der Waals surface area contributed by atoms with Crippen LogP contribution in [-0.2, 0) is 27.9 Å². The van der Waals surface area contributed by atoms with Gasteiger partial charge in [-0.15, -0.1) is 0 Å². The molecular weight excluding hydrogens is 685 g/mol. The summed E-state index contributed by atoms with van der Waals surface area (Å²) in [4.78, 5) is 24.8. The number of hydrogen-bond acceptors (Lipinski definition) is 7. The fourth-order valence-electron chi connectivity index (χ4n) is 5.24. The lowest BCUT2D eigenvalue weighted by Crippen LogP contribution is -2.37. The van der Waals surface area contributed by atoms with Gasteiger partial charge in [0.05, 0.1) is 34.0 Å². The lowest BCUT2D eigenvalue weighted by atomic mass is 10.1. The van der Waals surface area contributed by atoms with Crippen molar-refractivity contribution in [1.29, 1.82) is 0 Å². The van der Waals surface area contributed by atoms with E-state index in [0.717, 1.165) is 57.8 Å². The predicted molar refractivity (Wildman–Crippen MR) is 221 cm³/mol. The number of allylic oxidation sites excluding steroid dienone is 9. The van der Waals surface area contributed by atoms with Gasteiger partial charge in [-0.1, -0.05) is 120 Å². The standard InChI is InChI=1S/C44H80NO7P/c1-6-8-10-12-14-16-18-20-22-24-26-28-30-32-34-36-39-49-43(42-52-53(47,48)51-40-38-45(3,4)5)41-50-44(46)37-35-33-31-29-27-25-23-21-19-17-15-13-11-9-7-2/h15,17,20-23,27,29,36,39,43H,6-14,16,18-19,24-26,28,30-35,37-38,40-42H2,1-5H3/b17-15-,22-20-,23-21-,29-27-,39-36-. The van der Waals surface area contributed by atoms with Gasteiger partial charge >= 0.3 is 5.97 Å². The third-order valence-corrected chi connectivity index (χ3v) is 9.59. The fraction of sp³-hybridized carbons (Fsp3) is 0.750. The quantitative estimate of drug-likeness (QED) is 0.0154. The number of ether oxygens (including phenoxy) is 2. The molecule has 53 heavy (non-hydrogen) atoms. The first-order valence-electron chi connectivity index (χ1n) is 21.1. The number of phosphoric ester groups is 1. The van der Waals surface area contributed by atoms with Crippen LogP contribution in [-0.4, -0.2) is 64.1 Å². The van der Waals surface area contributed by atoms with Crippen LogP contribution in [0.1, 0.15) is 162 Å². The number of esters is 1. The maximum Gasteiger partial charge on any atom is 0.305 e. The predicted octanol–water partition coefficient (Wildman–Crippen LogP) is 11.9. The van der Waals surface area contributed by atoms with Crippen molar-refractivity contribution in [2.75, 3.05) is 47.5 Å². The van der Waals surface area contributed by atoms with Crippen LogP contribution in [0.2, 0.25) is 0 Å². The summed E-state index contributed by atoms with van der Waals surface area (Å²) in [5.41, 5.74) is 0. The molecule has 0 fully saturated rings. The normalized spacial score (nSPS) is 14.4. The Morgan fingerprint density at radius 3 is 1.62 bits per heavy atom. The van der Waals surface area contributed by atoms with E-state index in [9.17, 15) is 14.3 Å². The maximum absolute atomic E-state index is 12.4. The fourth-order valence-corrected chi connectivity index (χ4v) is 5.96. The molecule has 0 aliphatic heterocycles. The molecule has 0 aliphatic carbocycles. The zero-order valence-electron chi connectivity index (χ0n) is 34.7. The number of rotatable bonds is 38. The summed E-state index contributed by atoms with van der Waals surface area (Å²) in [5, 5.41) is 0. The molecule has 0 bridgehead atoms. The number of unbranched alkanes of at least 4 members (excludes halogenated alkanes) is 16. The zero-order valence-corrected chi connectivity index (χ0v) is 35.6. The van der Waals surface area contributed by atoms with Crippen molar-refractivity contribution >= 4 is 13.8 Å². The second-order valence-electron chi connectivity index (χ2n) is 15.0. The molecule has 0 spiro atoms. The van der Waals surface area contributed by atoms with Gasteiger partial charge in [-0.2, -0.15) is 0 Å². The van der Waals surface area contributed by atoms with Crippen molar-refractivity contribution in [2.24, 2.45) is 0 Å². The summed E-state index contributed by atoms with van der Waals surface area (Å²) < 4.78 is 34.3. The Kier molecular flexibility index (Phi) is 35.6. The highest BCUT2D eigenvalue weighted by molar-refractivity contribution is 7.45. The molecule has 0 radical (unpaired) electrons. The number of quaternary nitrogens is 1. The average Bonchev–Trinajstić information content (AvgIpc) is 3.11. The van der Waals surface area contributed by atoms with Crippen molar-refractivity contribution < 1.29 is 37.3 Å². The van der Waals surface area contributed by atoms with E-state index in [-0.39, 0.29) is 25.8 Å². The van der Waals surface area contributed by atoms with E-state index in [4.69, 9.17) is 18.5 Å². The zero-order chi connectivity index (χ0) is 39.1.